The Morgan fingerprint density at radius 1 is 1.09 bits per heavy atom. The zero-order chi connectivity index (χ0) is 18.4. The molecule has 0 aliphatic carbocycles. The minimum Gasteiger partial charge on any atom is -0.392 e. The molecule has 0 spiro atoms. The number of carbonyl (C=O) groups is 1. The van der Waals surface area contributed by atoms with Crippen molar-refractivity contribution >= 4 is 5.78 Å². The number of ketones is 1. The van der Waals surface area contributed by atoms with Gasteiger partial charge in [-0.2, -0.15) is 0 Å². The summed E-state index contributed by atoms with van der Waals surface area (Å²) in [6.45, 7) is 18.7. The van der Waals surface area contributed by atoms with Crippen LogP contribution in [0.2, 0.25) is 0 Å². The van der Waals surface area contributed by atoms with Crippen LogP contribution < -0.4 is 0 Å². The van der Waals surface area contributed by atoms with Gasteiger partial charge in [0.05, 0.1) is 23.7 Å². The molecular weight excluding hydrogens is 292 g/mol. The standard InChI is InChI=1S/C19H36O4/c1-10-11-14(6)16(20)15(7)17(21)19(8,9)18(22-12(2)3)23-13(4)5/h10,12-16,18,20H,1,11H2,2-9H3/t14?,15?,16-/m1/s1. The molecule has 2 unspecified atom stereocenters. The fourth-order valence-corrected chi connectivity index (χ4v) is 2.62. The predicted molar refractivity (Wildman–Crippen MR) is 94.2 cm³/mol. The Kier molecular flexibility index (Phi) is 9.26. The first-order valence-corrected chi connectivity index (χ1v) is 8.59. The molecule has 0 fully saturated rings. The number of carbonyl (C=O) groups excluding carboxylic acids is 1. The van der Waals surface area contributed by atoms with Gasteiger partial charge in [-0.1, -0.05) is 19.9 Å². The second-order valence-electron chi connectivity index (χ2n) is 7.57. The summed E-state index contributed by atoms with van der Waals surface area (Å²) in [5.74, 6) is -0.557. The molecule has 0 bridgehead atoms. The fourth-order valence-electron chi connectivity index (χ4n) is 2.62. The molecule has 0 saturated carbocycles. The van der Waals surface area contributed by atoms with Crippen LogP contribution >= 0.6 is 0 Å². The maximum atomic E-state index is 13.0. The summed E-state index contributed by atoms with van der Waals surface area (Å²) in [7, 11) is 0. The highest BCUT2D eigenvalue weighted by molar-refractivity contribution is 5.87. The van der Waals surface area contributed by atoms with Crippen LogP contribution in [0.15, 0.2) is 12.7 Å². The van der Waals surface area contributed by atoms with Crippen molar-refractivity contribution < 1.29 is 19.4 Å². The Morgan fingerprint density at radius 2 is 1.52 bits per heavy atom. The molecule has 0 aromatic carbocycles. The Morgan fingerprint density at radius 3 is 1.87 bits per heavy atom. The molecule has 136 valence electrons. The highest BCUT2D eigenvalue weighted by atomic mass is 16.7. The van der Waals surface area contributed by atoms with E-state index in [1.165, 1.54) is 0 Å². The molecule has 3 atom stereocenters. The third-order valence-corrected chi connectivity index (χ3v) is 4.06. The van der Waals surface area contributed by atoms with Crippen LogP contribution in [0.25, 0.3) is 0 Å². The summed E-state index contributed by atoms with van der Waals surface area (Å²) < 4.78 is 11.7. The van der Waals surface area contributed by atoms with Crippen LogP contribution in [-0.2, 0) is 14.3 Å². The van der Waals surface area contributed by atoms with Crippen LogP contribution in [0.4, 0.5) is 0 Å². The Bertz CT molecular complexity index is 364. The molecule has 4 nitrogen and oxygen atoms in total. The minimum atomic E-state index is -0.844. The van der Waals surface area contributed by atoms with Crippen molar-refractivity contribution in [3.63, 3.8) is 0 Å². The highest BCUT2D eigenvalue weighted by Crippen LogP contribution is 2.33. The summed E-state index contributed by atoms with van der Waals surface area (Å²) >= 11 is 0. The number of allylic oxidation sites excluding steroid dienone is 1. The van der Waals surface area contributed by atoms with Crippen molar-refractivity contribution in [2.45, 2.75) is 86.4 Å². The number of ether oxygens (including phenoxy) is 2. The smallest absolute Gasteiger partial charge is 0.170 e. The van der Waals surface area contributed by atoms with E-state index in [-0.39, 0.29) is 23.9 Å². The van der Waals surface area contributed by atoms with Crippen molar-refractivity contribution in [1.82, 2.24) is 0 Å². The predicted octanol–water partition coefficient (Wildman–Crippen LogP) is 3.97. The maximum absolute atomic E-state index is 13.0. The number of aliphatic hydroxyl groups excluding tert-OH is 1. The molecular formula is C19H36O4. The zero-order valence-corrected chi connectivity index (χ0v) is 16.1. The van der Waals surface area contributed by atoms with E-state index in [9.17, 15) is 9.90 Å². The van der Waals surface area contributed by atoms with Crippen LogP contribution in [0.3, 0.4) is 0 Å². The molecule has 0 aromatic rings. The van der Waals surface area contributed by atoms with Crippen LogP contribution in [0.5, 0.6) is 0 Å². The summed E-state index contributed by atoms with van der Waals surface area (Å²) in [6.07, 6.45) is 0.991. The van der Waals surface area contributed by atoms with Gasteiger partial charge in [0, 0.05) is 5.92 Å². The topological polar surface area (TPSA) is 55.8 Å². The molecule has 23 heavy (non-hydrogen) atoms. The summed E-state index contributed by atoms with van der Waals surface area (Å²) in [4.78, 5) is 13.0. The second-order valence-corrected chi connectivity index (χ2v) is 7.57. The molecule has 0 aromatic heterocycles. The summed E-state index contributed by atoms with van der Waals surface area (Å²) in [6, 6.07) is 0. The molecule has 0 radical (unpaired) electrons. The van der Waals surface area contributed by atoms with Crippen molar-refractivity contribution in [2.75, 3.05) is 0 Å². The molecule has 4 heteroatoms. The van der Waals surface area contributed by atoms with E-state index >= 15 is 0 Å². The van der Waals surface area contributed by atoms with Gasteiger partial charge >= 0.3 is 0 Å². The van der Waals surface area contributed by atoms with Gasteiger partial charge in [0.2, 0.25) is 0 Å². The van der Waals surface area contributed by atoms with Gasteiger partial charge in [-0.15, -0.1) is 6.58 Å². The average molecular weight is 328 g/mol. The molecule has 0 amide bonds. The lowest BCUT2D eigenvalue weighted by molar-refractivity contribution is -0.229. The van der Waals surface area contributed by atoms with Gasteiger partial charge in [0.15, 0.2) is 6.29 Å². The highest BCUT2D eigenvalue weighted by Gasteiger charge is 2.43. The lowest BCUT2D eigenvalue weighted by Crippen LogP contribution is -2.48. The number of Topliss-reactive ketones (excluding diaryl/α,β-unsaturated/α-hetero) is 1. The first-order valence-electron chi connectivity index (χ1n) is 8.59. The molecule has 0 rings (SSSR count). The normalized spacial score (nSPS) is 16.7. The molecule has 0 aliphatic heterocycles. The number of hydrogen-bond donors (Lipinski definition) is 1. The quantitative estimate of drug-likeness (QED) is 0.460. The number of hydrogen-bond acceptors (Lipinski definition) is 4. The number of aliphatic hydroxyl groups is 1. The van der Waals surface area contributed by atoms with E-state index in [0.29, 0.717) is 6.42 Å². The Labute approximate surface area is 142 Å². The van der Waals surface area contributed by atoms with E-state index in [4.69, 9.17) is 9.47 Å². The van der Waals surface area contributed by atoms with E-state index in [0.717, 1.165) is 0 Å². The molecule has 1 N–H and O–H groups in total. The Hall–Kier alpha value is -0.710. The molecule has 0 heterocycles. The zero-order valence-electron chi connectivity index (χ0n) is 16.1. The van der Waals surface area contributed by atoms with Crippen LogP contribution in [-0.4, -0.2) is 35.5 Å². The maximum Gasteiger partial charge on any atom is 0.170 e. The van der Waals surface area contributed by atoms with Gasteiger partial charge in [-0.25, -0.2) is 0 Å². The monoisotopic (exact) mass is 328 g/mol. The van der Waals surface area contributed by atoms with E-state index in [1.807, 2.05) is 48.5 Å². The fraction of sp³-hybridized carbons (Fsp3) is 0.842. The van der Waals surface area contributed by atoms with Gasteiger partial charge < -0.3 is 14.6 Å². The van der Waals surface area contributed by atoms with Crippen molar-refractivity contribution in [3.05, 3.63) is 12.7 Å². The summed E-state index contributed by atoms with van der Waals surface area (Å²) in [5.41, 5.74) is -0.844. The number of rotatable bonds is 11. The third-order valence-electron chi connectivity index (χ3n) is 4.06. The lowest BCUT2D eigenvalue weighted by Gasteiger charge is -2.38. The molecule has 0 aliphatic rings. The van der Waals surface area contributed by atoms with Gasteiger partial charge in [0.1, 0.15) is 5.78 Å². The van der Waals surface area contributed by atoms with Crippen molar-refractivity contribution in [3.8, 4) is 0 Å². The first-order chi connectivity index (χ1) is 10.4. The summed E-state index contributed by atoms with van der Waals surface area (Å²) in [5, 5.41) is 10.4. The van der Waals surface area contributed by atoms with E-state index in [1.54, 1.807) is 13.0 Å². The van der Waals surface area contributed by atoms with E-state index < -0.39 is 23.7 Å². The second kappa shape index (κ2) is 9.55. The minimum absolute atomic E-state index is 0.0160. The van der Waals surface area contributed by atoms with Gasteiger partial charge in [-0.05, 0) is 53.9 Å². The van der Waals surface area contributed by atoms with Crippen LogP contribution in [0, 0.1) is 17.3 Å². The molecule has 0 saturated heterocycles. The van der Waals surface area contributed by atoms with Gasteiger partial charge in [0.25, 0.3) is 0 Å². The first kappa shape index (κ1) is 22.3. The Balaban J connectivity index is 5.24. The van der Waals surface area contributed by atoms with Gasteiger partial charge in [-0.3, -0.25) is 4.79 Å². The average Bonchev–Trinajstić information content (AvgIpc) is 2.43. The van der Waals surface area contributed by atoms with E-state index in [2.05, 4.69) is 6.58 Å². The van der Waals surface area contributed by atoms with Crippen molar-refractivity contribution in [1.29, 1.82) is 0 Å². The van der Waals surface area contributed by atoms with Crippen LogP contribution in [0.1, 0.15) is 61.8 Å². The SMILES string of the molecule is C=CCC(C)[C@@H](O)C(C)C(=O)C(C)(C)C(OC(C)C)OC(C)C. The van der Waals surface area contributed by atoms with Crippen molar-refractivity contribution in [2.24, 2.45) is 17.3 Å². The largest absolute Gasteiger partial charge is 0.392 e. The lowest BCUT2D eigenvalue weighted by atomic mass is 9.76. The third kappa shape index (κ3) is 6.74.